The van der Waals surface area contributed by atoms with Crippen LogP contribution in [0.4, 0.5) is 0 Å². The molecule has 3 rings (SSSR count). The van der Waals surface area contributed by atoms with Crippen molar-refractivity contribution in [2.75, 3.05) is 0 Å². The van der Waals surface area contributed by atoms with Gasteiger partial charge >= 0.3 is 0 Å². The van der Waals surface area contributed by atoms with Crippen LogP contribution in [0.1, 0.15) is 12.8 Å². The molecular weight excluding hydrogens is 242 g/mol. The maximum atomic E-state index is 4.16. The van der Waals surface area contributed by atoms with Gasteiger partial charge in [0.2, 0.25) is 0 Å². The summed E-state index contributed by atoms with van der Waals surface area (Å²) in [6, 6.07) is 6.11. The maximum absolute atomic E-state index is 4.16. The fourth-order valence-electron chi connectivity index (χ4n) is 1.63. The zero-order chi connectivity index (χ0) is 9.54. The largest absolute Gasteiger partial charge is 0.244 e. The molecule has 0 aliphatic heterocycles. The Morgan fingerprint density at radius 3 is 3.07 bits per heavy atom. The average molecular weight is 252 g/mol. The van der Waals surface area contributed by atoms with Gasteiger partial charge in [-0.05, 0) is 37.0 Å². The lowest BCUT2D eigenvalue weighted by molar-refractivity contribution is 0.559. The topological polar surface area (TPSA) is 30.7 Å². The van der Waals surface area contributed by atoms with E-state index in [0.29, 0.717) is 0 Å². The van der Waals surface area contributed by atoms with Crippen molar-refractivity contribution in [2.45, 2.75) is 19.4 Å². The molecule has 0 bridgehead atoms. The van der Waals surface area contributed by atoms with Gasteiger partial charge in [-0.3, -0.25) is 0 Å². The van der Waals surface area contributed by atoms with E-state index < -0.39 is 0 Å². The summed E-state index contributed by atoms with van der Waals surface area (Å²) < 4.78 is 3.07. The number of halogens is 1. The van der Waals surface area contributed by atoms with Crippen LogP contribution in [0.3, 0.4) is 0 Å². The summed E-state index contributed by atoms with van der Waals surface area (Å²) in [4.78, 5) is 0. The van der Waals surface area contributed by atoms with Gasteiger partial charge in [-0.15, -0.1) is 5.10 Å². The van der Waals surface area contributed by atoms with Crippen LogP contribution in [-0.4, -0.2) is 15.0 Å². The van der Waals surface area contributed by atoms with Gasteiger partial charge in [0.05, 0.1) is 5.52 Å². The van der Waals surface area contributed by atoms with Crippen molar-refractivity contribution in [3.05, 3.63) is 22.7 Å². The molecule has 0 N–H and O–H groups in total. The van der Waals surface area contributed by atoms with E-state index in [9.17, 15) is 0 Å². The van der Waals surface area contributed by atoms with Crippen molar-refractivity contribution in [2.24, 2.45) is 5.92 Å². The predicted octanol–water partition coefficient (Wildman–Crippen LogP) is 2.60. The van der Waals surface area contributed by atoms with E-state index >= 15 is 0 Å². The van der Waals surface area contributed by atoms with Crippen LogP contribution in [0.2, 0.25) is 0 Å². The molecule has 4 heteroatoms. The minimum Gasteiger partial charge on any atom is -0.244 e. The molecule has 0 spiro atoms. The molecule has 0 saturated heterocycles. The number of nitrogens with zero attached hydrogens (tertiary/aromatic N) is 3. The van der Waals surface area contributed by atoms with E-state index in [1.807, 2.05) is 16.8 Å². The normalized spacial score (nSPS) is 16.4. The highest BCUT2D eigenvalue weighted by atomic mass is 79.9. The number of aromatic nitrogens is 3. The Kier molecular flexibility index (Phi) is 1.83. The Hall–Kier alpha value is -0.900. The van der Waals surface area contributed by atoms with Crippen molar-refractivity contribution >= 4 is 27.0 Å². The molecule has 1 aliphatic carbocycles. The molecule has 3 nitrogen and oxygen atoms in total. The van der Waals surface area contributed by atoms with Crippen LogP contribution in [-0.2, 0) is 6.54 Å². The third-order valence-corrected chi connectivity index (χ3v) is 3.10. The first-order valence-corrected chi connectivity index (χ1v) is 5.61. The Morgan fingerprint density at radius 2 is 2.29 bits per heavy atom. The predicted molar refractivity (Wildman–Crippen MR) is 58.0 cm³/mol. The number of hydrogen-bond donors (Lipinski definition) is 0. The zero-order valence-corrected chi connectivity index (χ0v) is 9.24. The number of rotatable bonds is 2. The van der Waals surface area contributed by atoms with E-state index in [1.54, 1.807) is 0 Å². The summed E-state index contributed by atoms with van der Waals surface area (Å²) in [6.07, 6.45) is 2.69. The summed E-state index contributed by atoms with van der Waals surface area (Å²) in [6.45, 7) is 1.03. The van der Waals surface area contributed by atoms with Crippen molar-refractivity contribution in [1.82, 2.24) is 15.0 Å². The standard InChI is InChI=1S/C10H10BrN3/c11-8-3-4-10-9(5-8)12-13-14(10)6-7-1-2-7/h3-5,7H,1-2,6H2. The van der Waals surface area contributed by atoms with E-state index in [2.05, 4.69) is 32.3 Å². The summed E-state index contributed by atoms with van der Waals surface area (Å²) in [7, 11) is 0. The Morgan fingerprint density at radius 1 is 1.43 bits per heavy atom. The second-order valence-electron chi connectivity index (χ2n) is 3.85. The molecule has 1 aliphatic rings. The lowest BCUT2D eigenvalue weighted by atomic mass is 10.3. The summed E-state index contributed by atoms with van der Waals surface area (Å²) in [5, 5.41) is 8.31. The molecule has 0 amide bonds. The van der Waals surface area contributed by atoms with Gasteiger partial charge in [0.1, 0.15) is 5.52 Å². The first-order valence-electron chi connectivity index (χ1n) is 4.82. The third-order valence-electron chi connectivity index (χ3n) is 2.60. The van der Waals surface area contributed by atoms with Gasteiger partial charge in [-0.1, -0.05) is 21.1 Å². The Labute approximate surface area is 90.2 Å². The first-order chi connectivity index (χ1) is 6.83. The number of hydrogen-bond acceptors (Lipinski definition) is 2. The molecule has 2 aromatic rings. The molecular formula is C10H10BrN3. The van der Waals surface area contributed by atoms with Gasteiger partial charge < -0.3 is 0 Å². The van der Waals surface area contributed by atoms with E-state index in [4.69, 9.17) is 0 Å². The Balaban J connectivity index is 2.06. The molecule has 1 aromatic heterocycles. The van der Waals surface area contributed by atoms with Crippen LogP contribution in [0.25, 0.3) is 11.0 Å². The third kappa shape index (κ3) is 1.43. The quantitative estimate of drug-likeness (QED) is 0.822. The molecule has 1 aromatic carbocycles. The van der Waals surface area contributed by atoms with Crippen molar-refractivity contribution in [1.29, 1.82) is 0 Å². The van der Waals surface area contributed by atoms with Crippen LogP contribution < -0.4 is 0 Å². The van der Waals surface area contributed by atoms with Crippen molar-refractivity contribution in [3.8, 4) is 0 Å². The second-order valence-corrected chi connectivity index (χ2v) is 4.76. The maximum Gasteiger partial charge on any atom is 0.114 e. The highest BCUT2D eigenvalue weighted by molar-refractivity contribution is 9.10. The zero-order valence-electron chi connectivity index (χ0n) is 7.65. The van der Waals surface area contributed by atoms with E-state index in [-0.39, 0.29) is 0 Å². The van der Waals surface area contributed by atoms with Crippen molar-refractivity contribution in [3.63, 3.8) is 0 Å². The molecule has 1 fully saturated rings. The first kappa shape index (κ1) is 8.41. The van der Waals surface area contributed by atoms with Gasteiger partial charge in [0.15, 0.2) is 0 Å². The van der Waals surface area contributed by atoms with Crippen LogP contribution >= 0.6 is 15.9 Å². The Bertz CT molecular complexity index is 473. The van der Waals surface area contributed by atoms with Gasteiger partial charge in [0, 0.05) is 11.0 Å². The lowest BCUT2D eigenvalue weighted by Gasteiger charge is -1.98. The number of benzene rings is 1. The molecule has 1 saturated carbocycles. The fourth-order valence-corrected chi connectivity index (χ4v) is 1.97. The molecule has 14 heavy (non-hydrogen) atoms. The van der Waals surface area contributed by atoms with Gasteiger partial charge in [-0.2, -0.15) is 0 Å². The molecule has 0 atom stereocenters. The summed E-state index contributed by atoms with van der Waals surface area (Å²) >= 11 is 3.43. The summed E-state index contributed by atoms with van der Waals surface area (Å²) in [5.74, 6) is 0.837. The van der Waals surface area contributed by atoms with Crippen molar-refractivity contribution < 1.29 is 0 Å². The van der Waals surface area contributed by atoms with Crippen LogP contribution in [0.5, 0.6) is 0 Å². The number of fused-ring (bicyclic) bond motifs is 1. The van der Waals surface area contributed by atoms with Gasteiger partial charge in [-0.25, -0.2) is 4.68 Å². The fraction of sp³-hybridized carbons (Fsp3) is 0.400. The molecule has 0 radical (unpaired) electrons. The van der Waals surface area contributed by atoms with Crippen LogP contribution in [0, 0.1) is 5.92 Å². The molecule has 0 unspecified atom stereocenters. The van der Waals surface area contributed by atoms with E-state index in [0.717, 1.165) is 28.0 Å². The lowest BCUT2D eigenvalue weighted by Crippen LogP contribution is -2.01. The highest BCUT2D eigenvalue weighted by Crippen LogP contribution is 2.31. The molecule has 1 heterocycles. The minimum atomic E-state index is 0.837. The summed E-state index contributed by atoms with van der Waals surface area (Å²) in [5.41, 5.74) is 2.11. The smallest absolute Gasteiger partial charge is 0.114 e. The monoisotopic (exact) mass is 251 g/mol. The van der Waals surface area contributed by atoms with Gasteiger partial charge in [0.25, 0.3) is 0 Å². The highest BCUT2D eigenvalue weighted by Gasteiger charge is 2.22. The minimum absolute atomic E-state index is 0.837. The average Bonchev–Trinajstić information content (AvgIpc) is 2.89. The SMILES string of the molecule is Brc1ccc2c(c1)nnn2CC1CC1. The second kappa shape index (κ2) is 3.05. The van der Waals surface area contributed by atoms with Crippen LogP contribution in [0.15, 0.2) is 22.7 Å². The van der Waals surface area contributed by atoms with E-state index in [1.165, 1.54) is 12.8 Å². The molecule has 72 valence electrons.